The van der Waals surface area contributed by atoms with Crippen LogP contribution in [0, 0.1) is 13.8 Å². The molecule has 0 heterocycles. The number of rotatable bonds is 3. The van der Waals surface area contributed by atoms with Gasteiger partial charge in [-0.2, -0.15) is 13.2 Å². The van der Waals surface area contributed by atoms with Gasteiger partial charge >= 0.3 is 6.18 Å². The summed E-state index contributed by atoms with van der Waals surface area (Å²) in [5.41, 5.74) is 2.53. The van der Waals surface area contributed by atoms with Crippen LogP contribution in [0.4, 0.5) is 13.2 Å². The maximum absolute atomic E-state index is 13.2. The van der Waals surface area contributed by atoms with Gasteiger partial charge in [-0.3, -0.25) is 0 Å². The molecule has 0 saturated carbocycles. The Morgan fingerprint density at radius 3 is 2.24 bits per heavy atom. The SMILES string of the molecule is CNC(c1cc(C)ccc1C)c1ccccc1C(F)(F)F. The van der Waals surface area contributed by atoms with Gasteiger partial charge in [-0.05, 0) is 43.7 Å². The number of hydrogen-bond acceptors (Lipinski definition) is 1. The van der Waals surface area contributed by atoms with Crippen molar-refractivity contribution in [3.63, 3.8) is 0 Å². The van der Waals surface area contributed by atoms with E-state index in [-0.39, 0.29) is 5.56 Å². The molecule has 0 aliphatic rings. The minimum atomic E-state index is -4.36. The van der Waals surface area contributed by atoms with Crippen LogP contribution in [0.5, 0.6) is 0 Å². The molecule has 21 heavy (non-hydrogen) atoms. The Hall–Kier alpha value is -1.81. The van der Waals surface area contributed by atoms with Crippen molar-refractivity contribution in [3.8, 4) is 0 Å². The van der Waals surface area contributed by atoms with Crippen LogP contribution in [0.25, 0.3) is 0 Å². The Morgan fingerprint density at radius 2 is 1.62 bits per heavy atom. The maximum Gasteiger partial charge on any atom is 0.416 e. The summed E-state index contributed by atoms with van der Waals surface area (Å²) in [6.45, 7) is 3.85. The molecule has 2 aromatic rings. The largest absolute Gasteiger partial charge is 0.416 e. The number of alkyl halides is 3. The fourth-order valence-corrected chi connectivity index (χ4v) is 2.56. The molecule has 0 aliphatic carbocycles. The maximum atomic E-state index is 13.2. The van der Waals surface area contributed by atoms with E-state index in [0.717, 1.165) is 22.8 Å². The predicted molar refractivity (Wildman–Crippen MR) is 78.3 cm³/mol. The van der Waals surface area contributed by atoms with E-state index >= 15 is 0 Å². The lowest BCUT2D eigenvalue weighted by atomic mass is 9.90. The van der Waals surface area contributed by atoms with E-state index < -0.39 is 17.8 Å². The Kier molecular flexibility index (Phi) is 4.37. The van der Waals surface area contributed by atoms with E-state index in [1.807, 2.05) is 32.0 Å². The van der Waals surface area contributed by atoms with Crippen LogP contribution in [0.2, 0.25) is 0 Å². The molecular formula is C17H18F3N. The monoisotopic (exact) mass is 293 g/mol. The smallest absolute Gasteiger partial charge is 0.309 e. The summed E-state index contributed by atoms with van der Waals surface area (Å²) in [6, 6.07) is 11.1. The topological polar surface area (TPSA) is 12.0 Å². The molecule has 2 aromatic carbocycles. The first kappa shape index (κ1) is 15.6. The van der Waals surface area contributed by atoms with E-state index in [1.54, 1.807) is 13.1 Å². The average Bonchev–Trinajstić information content (AvgIpc) is 2.43. The van der Waals surface area contributed by atoms with E-state index in [4.69, 9.17) is 0 Å². The van der Waals surface area contributed by atoms with Crippen molar-refractivity contribution in [1.82, 2.24) is 5.32 Å². The summed E-state index contributed by atoms with van der Waals surface area (Å²) in [6.07, 6.45) is -4.36. The Balaban J connectivity index is 2.60. The number of nitrogens with one attached hydrogen (secondary N) is 1. The van der Waals surface area contributed by atoms with Crippen LogP contribution in [0.15, 0.2) is 42.5 Å². The van der Waals surface area contributed by atoms with Crippen LogP contribution in [-0.4, -0.2) is 7.05 Å². The summed E-state index contributed by atoms with van der Waals surface area (Å²) in [5.74, 6) is 0. The highest BCUT2D eigenvalue weighted by molar-refractivity contribution is 5.43. The summed E-state index contributed by atoms with van der Waals surface area (Å²) in [4.78, 5) is 0. The van der Waals surface area contributed by atoms with Crippen LogP contribution in [0.3, 0.4) is 0 Å². The number of benzene rings is 2. The minimum Gasteiger partial charge on any atom is -0.309 e. The Bertz CT molecular complexity index is 632. The normalized spacial score (nSPS) is 13.2. The molecule has 1 unspecified atom stereocenters. The lowest BCUT2D eigenvalue weighted by Crippen LogP contribution is -2.22. The lowest BCUT2D eigenvalue weighted by Gasteiger charge is -2.23. The van der Waals surface area contributed by atoms with Crippen molar-refractivity contribution >= 4 is 0 Å². The van der Waals surface area contributed by atoms with Gasteiger partial charge in [0.1, 0.15) is 0 Å². The summed E-state index contributed by atoms with van der Waals surface area (Å²) >= 11 is 0. The zero-order valence-corrected chi connectivity index (χ0v) is 12.3. The molecule has 0 radical (unpaired) electrons. The average molecular weight is 293 g/mol. The molecule has 1 atom stereocenters. The summed E-state index contributed by atoms with van der Waals surface area (Å²) in [5, 5.41) is 3.02. The molecule has 0 bridgehead atoms. The second-order valence-corrected chi connectivity index (χ2v) is 5.17. The molecule has 0 saturated heterocycles. The van der Waals surface area contributed by atoms with Gasteiger partial charge in [-0.25, -0.2) is 0 Å². The molecule has 0 aliphatic heterocycles. The molecule has 112 valence electrons. The van der Waals surface area contributed by atoms with Crippen molar-refractivity contribution < 1.29 is 13.2 Å². The molecule has 1 N–H and O–H groups in total. The Labute approximate surface area is 122 Å². The van der Waals surface area contributed by atoms with Crippen molar-refractivity contribution in [2.24, 2.45) is 0 Å². The van der Waals surface area contributed by atoms with Crippen LogP contribution in [0.1, 0.15) is 33.9 Å². The first-order valence-corrected chi connectivity index (χ1v) is 6.75. The molecule has 4 heteroatoms. The summed E-state index contributed by atoms with van der Waals surface area (Å²) < 4.78 is 39.6. The van der Waals surface area contributed by atoms with Gasteiger partial charge in [0.25, 0.3) is 0 Å². The first-order valence-electron chi connectivity index (χ1n) is 6.75. The molecule has 0 spiro atoms. The first-order chi connectivity index (χ1) is 9.84. The molecule has 0 fully saturated rings. The van der Waals surface area contributed by atoms with Crippen molar-refractivity contribution in [2.45, 2.75) is 26.1 Å². The second kappa shape index (κ2) is 5.90. The van der Waals surface area contributed by atoms with E-state index in [0.29, 0.717) is 0 Å². The molecule has 0 amide bonds. The second-order valence-electron chi connectivity index (χ2n) is 5.17. The standard InChI is InChI=1S/C17H18F3N/c1-11-8-9-12(2)14(10-11)16(21-3)13-6-4-5-7-15(13)17(18,19)20/h4-10,16,21H,1-3H3. The van der Waals surface area contributed by atoms with Crippen molar-refractivity contribution in [1.29, 1.82) is 0 Å². The molecule has 1 nitrogen and oxygen atoms in total. The van der Waals surface area contributed by atoms with Gasteiger partial charge < -0.3 is 5.32 Å². The highest BCUT2D eigenvalue weighted by Crippen LogP contribution is 2.37. The highest BCUT2D eigenvalue weighted by atomic mass is 19.4. The predicted octanol–water partition coefficient (Wildman–Crippen LogP) is 4.63. The number of halogens is 3. The number of hydrogen-bond donors (Lipinski definition) is 1. The summed E-state index contributed by atoms with van der Waals surface area (Å²) in [7, 11) is 1.68. The van der Waals surface area contributed by atoms with Gasteiger partial charge in [0.2, 0.25) is 0 Å². The fourth-order valence-electron chi connectivity index (χ4n) is 2.56. The van der Waals surface area contributed by atoms with Gasteiger partial charge in [-0.15, -0.1) is 0 Å². The van der Waals surface area contributed by atoms with Gasteiger partial charge in [-0.1, -0.05) is 42.0 Å². The quantitative estimate of drug-likeness (QED) is 0.870. The fraction of sp³-hybridized carbons (Fsp3) is 0.294. The van der Waals surface area contributed by atoms with Gasteiger partial charge in [0, 0.05) is 0 Å². The third-order valence-corrected chi connectivity index (χ3v) is 3.61. The molecular weight excluding hydrogens is 275 g/mol. The zero-order valence-electron chi connectivity index (χ0n) is 12.3. The Morgan fingerprint density at radius 1 is 0.952 bits per heavy atom. The minimum absolute atomic E-state index is 0.251. The highest BCUT2D eigenvalue weighted by Gasteiger charge is 2.35. The number of aryl methyl sites for hydroxylation is 2. The van der Waals surface area contributed by atoms with Gasteiger partial charge in [0.15, 0.2) is 0 Å². The molecule has 0 aromatic heterocycles. The van der Waals surface area contributed by atoms with Crippen molar-refractivity contribution in [2.75, 3.05) is 7.05 Å². The van der Waals surface area contributed by atoms with Crippen LogP contribution >= 0.6 is 0 Å². The van der Waals surface area contributed by atoms with Crippen molar-refractivity contribution in [3.05, 3.63) is 70.3 Å². The van der Waals surface area contributed by atoms with E-state index in [2.05, 4.69) is 5.32 Å². The van der Waals surface area contributed by atoms with Crippen LogP contribution < -0.4 is 5.32 Å². The zero-order chi connectivity index (χ0) is 15.6. The molecule has 2 rings (SSSR count). The van der Waals surface area contributed by atoms with Gasteiger partial charge in [0.05, 0.1) is 11.6 Å². The third-order valence-electron chi connectivity index (χ3n) is 3.61. The van der Waals surface area contributed by atoms with E-state index in [9.17, 15) is 13.2 Å². The van der Waals surface area contributed by atoms with E-state index in [1.165, 1.54) is 12.1 Å². The lowest BCUT2D eigenvalue weighted by molar-refractivity contribution is -0.138. The third kappa shape index (κ3) is 3.27. The van der Waals surface area contributed by atoms with Crippen LogP contribution in [-0.2, 0) is 6.18 Å².